The van der Waals surface area contributed by atoms with E-state index in [0.29, 0.717) is 19.5 Å². The van der Waals surface area contributed by atoms with Crippen LogP contribution in [-0.4, -0.2) is 36.1 Å². The largest absolute Gasteiger partial charge is 0.417 e. The van der Waals surface area contributed by atoms with Crippen LogP contribution < -0.4 is 16.0 Å². The molecule has 0 aliphatic carbocycles. The minimum atomic E-state index is -4.48. The Kier molecular flexibility index (Phi) is 4.81. The van der Waals surface area contributed by atoms with Gasteiger partial charge in [-0.25, -0.2) is 4.98 Å². The second kappa shape index (κ2) is 6.29. The van der Waals surface area contributed by atoms with Gasteiger partial charge < -0.3 is 16.0 Å². The fourth-order valence-corrected chi connectivity index (χ4v) is 2.51. The van der Waals surface area contributed by atoms with Crippen LogP contribution in [0, 0.1) is 0 Å². The molecular weight excluding hydrogens is 321 g/mol. The zero-order chi connectivity index (χ0) is 16.5. The first kappa shape index (κ1) is 16.8. The lowest BCUT2D eigenvalue weighted by atomic mass is 10.2. The number of aromatic nitrogens is 1. The maximum absolute atomic E-state index is 12.6. The molecule has 1 aromatic heterocycles. The summed E-state index contributed by atoms with van der Waals surface area (Å²) >= 11 is 5.91. The van der Waals surface area contributed by atoms with Gasteiger partial charge in [-0.15, -0.1) is 0 Å². The van der Waals surface area contributed by atoms with Crippen LogP contribution in [0.1, 0.15) is 18.9 Å². The van der Waals surface area contributed by atoms with E-state index in [-0.39, 0.29) is 22.8 Å². The summed E-state index contributed by atoms with van der Waals surface area (Å²) < 4.78 is 37.8. The third-order valence-corrected chi connectivity index (χ3v) is 3.67. The van der Waals surface area contributed by atoms with Crippen molar-refractivity contribution in [3.8, 4) is 0 Å². The van der Waals surface area contributed by atoms with Gasteiger partial charge in [0, 0.05) is 25.3 Å². The highest BCUT2D eigenvalue weighted by molar-refractivity contribution is 6.33. The highest BCUT2D eigenvalue weighted by Crippen LogP contribution is 2.34. The average Bonchev–Trinajstić information content (AvgIpc) is 2.85. The van der Waals surface area contributed by atoms with Gasteiger partial charge in [0.2, 0.25) is 5.91 Å². The quantitative estimate of drug-likeness (QED) is 0.883. The van der Waals surface area contributed by atoms with Crippen LogP contribution in [0.15, 0.2) is 12.3 Å². The van der Waals surface area contributed by atoms with Crippen molar-refractivity contribution in [2.75, 3.05) is 18.0 Å². The lowest BCUT2D eigenvalue weighted by molar-refractivity contribution is -0.137. The second-order valence-corrected chi connectivity index (χ2v) is 5.66. The van der Waals surface area contributed by atoms with Crippen molar-refractivity contribution in [1.82, 2.24) is 10.3 Å². The fourth-order valence-electron chi connectivity index (χ4n) is 2.22. The summed E-state index contributed by atoms with van der Waals surface area (Å²) in [4.78, 5) is 17.1. The third kappa shape index (κ3) is 3.80. The van der Waals surface area contributed by atoms with E-state index in [2.05, 4.69) is 10.3 Å². The molecule has 0 radical (unpaired) electrons. The van der Waals surface area contributed by atoms with E-state index in [1.54, 1.807) is 11.8 Å². The van der Waals surface area contributed by atoms with Crippen molar-refractivity contribution < 1.29 is 18.0 Å². The normalized spacial score (nSPS) is 20.1. The molecule has 0 spiro atoms. The number of carbonyl (C=O) groups excluding carboxylic acids is 1. The summed E-state index contributed by atoms with van der Waals surface area (Å²) in [5.74, 6) is 0.0190. The number of pyridine rings is 1. The lowest BCUT2D eigenvalue weighted by Crippen LogP contribution is -2.45. The summed E-state index contributed by atoms with van der Waals surface area (Å²) in [6.45, 7) is 2.55. The number of rotatable bonds is 3. The van der Waals surface area contributed by atoms with Gasteiger partial charge in [-0.3, -0.25) is 4.79 Å². The molecule has 1 saturated heterocycles. The minimum absolute atomic E-state index is 0.0611. The van der Waals surface area contributed by atoms with Crippen molar-refractivity contribution in [3.05, 3.63) is 22.8 Å². The Morgan fingerprint density at radius 2 is 2.27 bits per heavy atom. The van der Waals surface area contributed by atoms with E-state index in [1.807, 2.05) is 0 Å². The molecule has 0 bridgehead atoms. The maximum Gasteiger partial charge on any atom is 0.417 e. The molecule has 1 aromatic rings. The van der Waals surface area contributed by atoms with Crippen LogP contribution in [0.2, 0.25) is 5.02 Å². The molecule has 2 atom stereocenters. The summed E-state index contributed by atoms with van der Waals surface area (Å²) in [5.41, 5.74) is 4.59. The van der Waals surface area contributed by atoms with Crippen molar-refractivity contribution in [2.24, 2.45) is 5.73 Å². The Balaban J connectivity index is 2.06. The fraction of sp³-hybridized carbons (Fsp3) is 0.538. The minimum Gasteiger partial charge on any atom is -0.353 e. The van der Waals surface area contributed by atoms with E-state index >= 15 is 0 Å². The van der Waals surface area contributed by atoms with E-state index in [1.165, 1.54) is 0 Å². The molecule has 9 heteroatoms. The molecule has 0 saturated carbocycles. The molecule has 2 heterocycles. The number of hydrogen-bond donors (Lipinski definition) is 2. The topological polar surface area (TPSA) is 71.2 Å². The average molecular weight is 337 g/mol. The molecule has 2 rings (SSSR count). The number of anilines is 1. The standard InChI is InChI=1S/C13H16ClF3N4O/c1-7(18)12(22)20-9-2-3-21(6-9)11-10(14)4-8(5-19-11)13(15,16)17/h4-5,7,9H,2-3,6,18H2,1H3,(H,20,22)/t7-,9?/m1/s1. The molecule has 1 amide bonds. The monoisotopic (exact) mass is 336 g/mol. The summed E-state index contributed by atoms with van der Waals surface area (Å²) in [6, 6.07) is 0.123. The van der Waals surface area contributed by atoms with Gasteiger partial charge in [-0.1, -0.05) is 11.6 Å². The highest BCUT2D eigenvalue weighted by Gasteiger charge is 2.33. The number of carbonyl (C=O) groups is 1. The first-order valence-electron chi connectivity index (χ1n) is 6.72. The van der Waals surface area contributed by atoms with Gasteiger partial charge in [0.1, 0.15) is 5.82 Å². The molecule has 5 nitrogen and oxygen atoms in total. The zero-order valence-corrected chi connectivity index (χ0v) is 12.6. The molecule has 1 fully saturated rings. The van der Waals surface area contributed by atoms with Crippen molar-refractivity contribution in [3.63, 3.8) is 0 Å². The van der Waals surface area contributed by atoms with E-state index < -0.39 is 17.8 Å². The van der Waals surface area contributed by atoms with Crippen molar-refractivity contribution >= 4 is 23.3 Å². The zero-order valence-electron chi connectivity index (χ0n) is 11.8. The highest BCUT2D eigenvalue weighted by atomic mass is 35.5. The number of amides is 1. The molecule has 1 unspecified atom stereocenters. The maximum atomic E-state index is 12.6. The molecule has 22 heavy (non-hydrogen) atoms. The van der Waals surface area contributed by atoms with Crippen LogP contribution in [0.25, 0.3) is 0 Å². The number of nitrogens with zero attached hydrogens (tertiary/aromatic N) is 2. The summed E-state index contributed by atoms with van der Waals surface area (Å²) in [5, 5.41) is 2.72. The predicted molar refractivity (Wildman–Crippen MR) is 76.7 cm³/mol. The Labute approximate surface area is 130 Å². The number of hydrogen-bond acceptors (Lipinski definition) is 4. The van der Waals surface area contributed by atoms with Crippen molar-refractivity contribution in [1.29, 1.82) is 0 Å². The summed E-state index contributed by atoms with van der Waals surface area (Å²) in [7, 11) is 0. The summed E-state index contributed by atoms with van der Waals surface area (Å²) in [6.07, 6.45) is -3.07. The van der Waals surface area contributed by atoms with E-state index in [4.69, 9.17) is 17.3 Å². The van der Waals surface area contributed by atoms with Crippen LogP contribution >= 0.6 is 11.6 Å². The first-order chi connectivity index (χ1) is 10.2. The Bertz CT molecular complexity index is 565. The van der Waals surface area contributed by atoms with Crippen molar-refractivity contribution in [2.45, 2.75) is 31.6 Å². The van der Waals surface area contributed by atoms with Gasteiger partial charge in [0.15, 0.2) is 0 Å². The van der Waals surface area contributed by atoms with E-state index in [0.717, 1.165) is 12.3 Å². The first-order valence-corrected chi connectivity index (χ1v) is 7.10. The molecule has 1 aliphatic rings. The second-order valence-electron chi connectivity index (χ2n) is 5.26. The van der Waals surface area contributed by atoms with Gasteiger partial charge in [0.05, 0.1) is 16.6 Å². The van der Waals surface area contributed by atoms with Gasteiger partial charge in [-0.05, 0) is 19.4 Å². The van der Waals surface area contributed by atoms with Gasteiger partial charge >= 0.3 is 6.18 Å². The smallest absolute Gasteiger partial charge is 0.353 e. The molecule has 3 N–H and O–H groups in total. The van der Waals surface area contributed by atoms with Gasteiger partial charge in [0.25, 0.3) is 0 Å². The Morgan fingerprint density at radius 3 is 2.82 bits per heavy atom. The number of halogens is 4. The van der Waals surface area contributed by atoms with Gasteiger partial charge in [-0.2, -0.15) is 13.2 Å². The number of alkyl halides is 3. The number of nitrogens with two attached hydrogens (primary N) is 1. The van der Waals surface area contributed by atoms with Crippen LogP contribution in [-0.2, 0) is 11.0 Å². The molecular formula is C13H16ClF3N4O. The molecule has 0 aromatic carbocycles. The lowest BCUT2D eigenvalue weighted by Gasteiger charge is -2.20. The van der Waals surface area contributed by atoms with Crippen LogP contribution in [0.5, 0.6) is 0 Å². The third-order valence-electron chi connectivity index (χ3n) is 3.40. The Morgan fingerprint density at radius 1 is 1.59 bits per heavy atom. The predicted octanol–water partition coefficient (Wildman–Crippen LogP) is 1.80. The van der Waals surface area contributed by atoms with Crippen LogP contribution in [0.4, 0.5) is 19.0 Å². The molecule has 122 valence electrons. The Hall–Kier alpha value is -1.54. The van der Waals surface area contributed by atoms with Crippen LogP contribution in [0.3, 0.4) is 0 Å². The molecule has 1 aliphatic heterocycles. The number of nitrogens with one attached hydrogen (secondary N) is 1. The van der Waals surface area contributed by atoms with E-state index in [9.17, 15) is 18.0 Å². The SMILES string of the molecule is C[C@@H](N)C(=O)NC1CCN(c2ncc(C(F)(F)F)cc2Cl)C1.